The molecule has 0 aliphatic heterocycles. The summed E-state index contributed by atoms with van der Waals surface area (Å²) >= 11 is 0. The van der Waals surface area contributed by atoms with E-state index in [0.717, 1.165) is 114 Å². The predicted octanol–water partition coefficient (Wildman–Crippen LogP) is 23.2. The fraction of sp³-hybridized carbons (Fsp3) is 0.949. The number of unbranched alkanes of at least 4 members (excludes halogenated alkanes) is 42. The lowest BCUT2D eigenvalue weighted by Gasteiger charge is -2.21. The molecule has 0 fully saturated rings. The lowest BCUT2D eigenvalue weighted by atomic mass is 10.0. The standard InChI is InChI=1S/C79H154O17P2/c1-69(2)55-47-39-31-24-20-16-13-11-9-10-12-14-18-23-27-36-45-53-61-78(83)95-74(65-89-76(81)59-51-43-35-26-22-19-15-17-21-25-32-40-48-56-70(3)4)67-93-97(85,86)91-63-73(80)64-92-98(87,88)94-68-75(66-90-77(82)60-52-44-38-30-34-42-50-58-72(7)8)96-79(84)62-54-46-37-29-28-33-41-49-57-71(5)6/h69-75,80H,9-68H2,1-8H3,(H,85,86)(H,87,88)/t73?,74-,75-/m1/s1. The van der Waals surface area contributed by atoms with Crippen LogP contribution in [0.15, 0.2) is 0 Å². The number of aliphatic hydroxyl groups excluding tert-OH is 1. The number of hydrogen-bond donors (Lipinski definition) is 3. The molecule has 0 aromatic heterocycles. The van der Waals surface area contributed by atoms with Gasteiger partial charge in [0.15, 0.2) is 12.2 Å². The lowest BCUT2D eigenvalue weighted by Crippen LogP contribution is -2.30. The van der Waals surface area contributed by atoms with Crippen LogP contribution in [0.5, 0.6) is 0 Å². The maximum Gasteiger partial charge on any atom is 0.472 e. The number of aliphatic hydroxyl groups is 1. The summed E-state index contributed by atoms with van der Waals surface area (Å²) in [6.07, 6.45) is 54.4. The third-order valence-electron chi connectivity index (χ3n) is 18.3. The van der Waals surface area contributed by atoms with Crippen molar-refractivity contribution in [1.82, 2.24) is 0 Å². The van der Waals surface area contributed by atoms with Crippen LogP contribution in [0.3, 0.4) is 0 Å². The van der Waals surface area contributed by atoms with Gasteiger partial charge in [-0.15, -0.1) is 0 Å². The van der Waals surface area contributed by atoms with Gasteiger partial charge in [-0.2, -0.15) is 0 Å². The smallest absolute Gasteiger partial charge is 0.462 e. The Labute approximate surface area is 600 Å². The van der Waals surface area contributed by atoms with E-state index in [4.69, 9.17) is 37.0 Å². The van der Waals surface area contributed by atoms with Gasteiger partial charge in [-0.05, 0) is 49.4 Å². The summed E-state index contributed by atoms with van der Waals surface area (Å²) in [7, 11) is -9.92. The van der Waals surface area contributed by atoms with Gasteiger partial charge in [-0.25, -0.2) is 9.13 Å². The van der Waals surface area contributed by atoms with Gasteiger partial charge >= 0.3 is 39.5 Å². The molecule has 0 rings (SSSR count). The highest BCUT2D eigenvalue weighted by Crippen LogP contribution is 2.45. The Morgan fingerprint density at radius 3 is 0.633 bits per heavy atom. The molecule has 0 heterocycles. The zero-order valence-corrected chi connectivity index (χ0v) is 66.2. The van der Waals surface area contributed by atoms with Crippen molar-refractivity contribution < 1.29 is 80.2 Å². The fourth-order valence-electron chi connectivity index (χ4n) is 12.1. The van der Waals surface area contributed by atoms with Crippen molar-refractivity contribution in [2.24, 2.45) is 23.7 Å². The Morgan fingerprint density at radius 1 is 0.255 bits per heavy atom. The maximum atomic E-state index is 13.1. The van der Waals surface area contributed by atoms with Crippen LogP contribution in [-0.2, 0) is 65.4 Å². The average molecular weight is 1440 g/mol. The Kier molecular flexibility index (Phi) is 66.8. The van der Waals surface area contributed by atoms with Crippen LogP contribution in [0.4, 0.5) is 0 Å². The van der Waals surface area contributed by atoms with Gasteiger partial charge in [0.05, 0.1) is 26.4 Å². The second kappa shape index (κ2) is 68.2. The van der Waals surface area contributed by atoms with E-state index < -0.39 is 97.5 Å². The molecular formula is C79H154O17P2. The first-order chi connectivity index (χ1) is 47.1. The average Bonchev–Trinajstić information content (AvgIpc) is 1.19. The SMILES string of the molecule is CC(C)CCCCCCCCCCCCCCCCCCCCC(=O)O[C@H](COC(=O)CCCCCCCCCCCCCCCC(C)C)COP(=O)(O)OCC(O)COP(=O)(O)OC[C@@H](COC(=O)CCCCCCCCCC(C)C)OC(=O)CCCCCCCCCCC(C)C. The summed E-state index contributed by atoms with van der Waals surface area (Å²) in [5.41, 5.74) is 0. The maximum absolute atomic E-state index is 13.1. The van der Waals surface area contributed by atoms with Gasteiger partial charge in [0.25, 0.3) is 0 Å². The fourth-order valence-corrected chi connectivity index (χ4v) is 13.7. The molecule has 0 aromatic carbocycles. The first-order valence-corrected chi connectivity index (χ1v) is 43.7. The van der Waals surface area contributed by atoms with E-state index in [0.29, 0.717) is 31.6 Å². The molecule has 98 heavy (non-hydrogen) atoms. The summed E-state index contributed by atoms with van der Waals surface area (Å²) in [6, 6.07) is 0. The molecular weight excluding hydrogens is 1280 g/mol. The third kappa shape index (κ3) is 72.4. The van der Waals surface area contributed by atoms with Crippen LogP contribution in [0.25, 0.3) is 0 Å². The molecule has 0 saturated carbocycles. The first kappa shape index (κ1) is 96.1. The first-order valence-electron chi connectivity index (χ1n) is 40.7. The second-order valence-electron chi connectivity index (χ2n) is 30.4. The molecule has 0 radical (unpaired) electrons. The molecule has 0 saturated heterocycles. The number of hydrogen-bond acceptors (Lipinski definition) is 15. The summed E-state index contributed by atoms with van der Waals surface area (Å²) in [5.74, 6) is 0.915. The normalized spacial score (nSPS) is 14.1. The van der Waals surface area contributed by atoms with Crippen molar-refractivity contribution in [3.8, 4) is 0 Å². The molecule has 582 valence electrons. The molecule has 0 bridgehead atoms. The Hall–Kier alpha value is -1.94. The van der Waals surface area contributed by atoms with Gasteiger partial charge in [-0.3, -0.25) is 37.3 Å². The van der Waals surface area contributed by atoms with Crippen LogP contribution in [-0.4, -0.2) is 96.7 Å². The molecule has 19 heteroatoms. The number of phosphoric ester groups is 2. The number of carbonyl (C=O) groups excluding carboxylic acids is 4. The van der Waals surface area contributed by atoms with Gasteiger partial charge in [0, 0.05) is 25.7 Å². The minimum Gasteiger partial charge on any atom is -0.462 e. The number of rotatable bonds is 76. The van der Waals surface area contributed by atoms with E-state index in [1.54, 1.807) is 0 Å². The number of phosphoric acid groups is 2. The Balaban J connectivity index is 5.21. The van der Waals surface area contributed by atoms with Crippen LogP contribution in [0.1, 0.15) is 402 Å². The van der Waals surface area contributed by atoms with Crippen molar-refractivity contribution in [3.05, 3.63) is 0 Å². The molecule has 0 aliphatic carbocycles. The number of ether oxygens (including phenoxy) is 4. The highest BCUT2D eigenvalue weighted by molar-refractivity contribution is 7.47. The quantitative estimate of drug-likeness (QED) is 0.0222. The zero-order valence-electron chi connectivity index (χ0n) is 64.4. The second-order valence-corrected chi connectivity index (χ2v) is 33.3. The molecule has 0 aliphatic rings. The van der Waals surface area contributed by atoms with Crippen LogP contribution >= 0.6 is 15.6 Å². The Morgan fingerprint density at radius 2 is 0.429 bits per heavy atom. The predicted molar refractivity (Wildman–Crippen MR) is 400 cm³/mol. The number of esters is 4. The molecule has 0 spiro atoms. The molecule has 0 amide bonds. The number of carbonyl (C=O) groups is 4. The van der Waals surface area contributed by atoms with Gasteiger partial charge < -0.3 is 33.8 Å². The van der Waals surface area contributed by atoms with Gasteiger partial charge in [-0.1, -0.05) is 351 Å². The minimum atomic E-state index is -4.96. The zero-order chi connectivity index (χ0) is 72.4. The molecule has 5 atom stereocenters. The van der Waals surface area contributed by atoms with Crippen LogP contribution in [0.2, 0.25) is 0 Å². The van der Waals surface area contributed by atoms with Crippen LogP contribution in [0, 0.1) is 23.7 Å². The van der Waals surface area contributed by atoms with Gasteiger partial charge in [0.1, 0.15) is 19.3 Å². The van der Waals surface area contributed by atoms with E-state index in [2.05, 4.69) is 55.4 Å². The summed E-state index contributed by atoms with van der Waals surface area (Å²) in [4.78, 5) is 72.9. The highest BCUT2D eigenvalue weighted by atomic mass is 31.2. The van der Waals surface area contributed by atoms with Crippen molar-refractivity contribution in [2.75, 3.05) is 39.6 Å². The molecule has 3 unspecified atom stereocenters. The summed E-state index contributed by atoms with van der Waals surface area (Å²) < 4.78 is 68.6. The van der Waals surface area contributed by atoms with E-state index >= 15 is 0 Å². The topological polar surface area (TPSA) is 237 Å². The lowest BCUT2D eigenvalue weighted by molar-refractivity contribution is -0.161. The van der Waals surface area contributed by atoms with E-state index in [1.165, 1.54) is 199 Å². The summed E-state index contributed by atoms with van der Waals surface area (Å²) in [5, 5.41) is 10.6. The minimum absolute atomic E-state index is 0.103. The molecule has 0 aromatic rings. The highest BCUT2D eigenvalue weighted by Gasteiger charge is 2.30. The third-order valence-corrected chi connectivity index (χ3v) is 20.2. The van der Waals surface area contributed by atoms with Crippen molar-refractivity contribution >= 4 is 39.5 Å². The van der Waals surface area contributed by atoms with Crippen molar-refractivity contribution in [1.29, 1.82) is 0 Å². The molecule has 3 N–H and O–H groups in total. The van der Waals surface area contributed by atoms with Crippen molar-refractivity contribution in [2.45, 2.75) is 420 Å². The van der Waals surface area contributed by atoms with E-state index in [9.17, 15) is 43.2 Å². The van der Waals surface area contributed by atoms with E-state index in [1.807, 2.05) is 0 Å². The largest absolute Gasteiger partial charge is 0.472 e. The summed E-state index contributed by atoms with van der Waals surface area (Å²) in [6.45, 7) is 14.2. The molecule has 17 nitrogen and oxygen atoms in total. The van der Waals surface area contributed by atoms with E-state index in [-0.39, 0.29) is 25.7 Å². The van der Waals surface area contributed by atoms with Gasteiger partial charge in [0.2, 0.25) is 0 Å². The Bertz CT molecular complexity index is 1920. The van der Waals surface area contributed by atoms with Crippen molar-refractivity contribution in [3.63, 3.8) is 0 Å². The monoisotopic (exact) mass is 1440 g/mol. The van der Waals surface area contributed by atoms with Crippen LogP contribution < -0.4 is 0 Å².